The van der Waals surface area contributed by atoms with Crippen LogP contribution in [0.25, 0.3) is 44.1 Å². The number of hydrogen-bond donors (Lipinski definition) is 2. The molecule has 7 heteroatoms. The first kappa shape index (κ1) is 25.4. The van der Waals surface area contributed by atoms with Crippen molar-refractivity contribution in [3.63, 3.8) is 0 Å². The quantitative estimate of drug-likeness (QED) is 0.285. The van der Waals surface area contributed by atoms with Gasteiger partial charge in [-0.25, -0.2) is 4.68 Å². The van der Waals surface area contributed by atoms with Crippen LogP contribution in [0.1, 0.15) is 45.2 Å². The summed E-state index contributed by atoms with van der Waals surface area (Å²) in [5, 5.41) is 2.57. The summed E-state index contributed by atoms with van der Waals surface area (Å²) in [7, 11) is 0. The van der Waals surface area contributed by atoms with Gasteiger partial charge in [-0.3, -0.25) is 19.2 Å². The number of hydrogen-bond acceptors (Lipinski definition) is 5. The molecule has 0 radical (unpaired) electrons. The third-order valence-electron chi connectivity index (χ3n) is 7.86. The monoisotopic (exact) mass is 551 g/mol. The highest BCUT2D eigenvalue weighted by Gasteiger charge is 2.32. The van der Waals surface area contributed by atoms with Crippen LogP contribution in [0.15, 0.2) is 107 Å². The van der Waals surface area contributed by atoms with Crippen LogP contribution in [-0.4, -0.2) is 27.8 Å². The zero-order chi connectivity index (χ0) is 29.0. The third kappa shape index (κ3) is 3.67. The van der Waals surface area contributed by atoms with Crippen LogP contribution >= 0.6 is 0 Å². The zero-order valence-corrected chi connectivity index (χ0v) is 22.7. The van der Waals surface area contributed by atoms with E-state index in [4.69, 9.17) is 0 Å². The molecule has 0 amide bonds. The molecule has 204 valence electrons. The molecule has 0 spiro atoms. The molecule has 42 heavy (non-hydrogen) atoms. The number of carbonyl (C=O) groups is 2. The molecular formula is C35H25N3O4. The number of fused-ring (bicyclic) bond motifs is 10. The Morgan fingerprint density at radius 1 is 0.595 bits per heavy atom. The minimum atomic E-state index is -0.154. The lowest BCUT2D eigenvalue weighted by molar-refractivity contribution is 0.103. The maximum Gasteiger partial charge on any atom is 0.277 e. The van der Waals surface area contributed by atoms with Gasteiger partial charge in [-0.2, -0.15) is 0 Å². The first-order chi connectivity index (χ1) is 20.5. The van der Waals surface area contributed by atoms with Gasteiger partial charge < -0.3 is 10.4 Å². The molecular weight excluding hydrogens is 526 g/mol. The first-order valence-electron chi connectivity index (χ1n) is 13.9. The molecule has 2 N–H and O–H groups in total. The van der Waals surface area contributed by atoms with Crippen molar-refractivity contribution in [1.82, 2.24) is 9.66 Å². The summed E-state index contributed by atoms with van der Waals surface area (Å²) in [4.78, 5) is 53.2. The van der Waals surface area contributed by atoms with E-state index in [0.717, 1.165) is 28.3 Å². The number of aromatic amines is 1. The molecule has 0 saturated carbocycles. The van der Waals surface area contributed by atoms with Crippen LogP contribution in [0.3, 0.4) is 0 Å². The Morgan fingerprint density at radius 2 is 1.10 bits per heavy atom. The van der Waals surface area contributed by atoms with Crippen LogP contribution in [0.5, 0.6) is 0 Å². The van der Waals surface area contributed by atoms with Crippen molar-refractivity contribution in [2.45, 2.75) is 13.3 Å². The standard InChI is InChI=1S/C19H16N2O2.C16H9NO2/c1-2-11-20-21-17-13-8-4-5-9-14(13)18(22)16(17)12-7-3-6-10-15(12)19(21)23;18-15-11-7-3-2-6-10(11)14-13(15)9-5-1-4-8-12(9)16(19)17-14/h3-10,20H,2,11H2,1H3;1-8H,(H,17,19). The number of nitrogens with zero attached hydrogens (tertiary/aromatic N) is 1. The molecule has 0 aliphatic heterocycles. The molecule has 2 aliphatic carbocycles. The number of aromatic nitrogens is 2. The van der Waals surface area contributed by atoms with Gasteiger partial charge in [-0.1, -0.05) is 91.9 Å². The molecule has 0 atom stereocenters. The minimum Gasteiger partial charge on any atom is -0.323 e. The Hall–Kier alpha value is -5.56. The molecule has 0 saturated heterocycles. The van der Waals surface area contributed by atoms with Crippen molar-refractivity contribution in [2.24, 2.45) is 0 Å². The molecule has 2 aromatic heterocycles. The number of H-pyrrole nitrogens is 1. The maximum atomic E-state index is 12.9. The van der Waals surface area contributed by atoms with Crippen molar-refractivity contribution < 1.29 is 9.59 Å². The fourth-order valence-electron chi connectivity index (χ4n) is 5.98. The summed E-state index contributed by atoms with van der Waals surface area (Å²) in [6, 6.07) is 29.4. The van der Waals surface area contributed by atoms with Crippen molar-refractivity contribution in [3.05, 3.63) is 140 Å². The SMILES string of the molecule is CCCNn1c2c(c3ccccc3c1=O)C(=O)c1ccccc1-2.O=C1c2ccccc2-c2[nH]c(=O)c3ccccc3c21. The number of ketones is 2. The molecule has 7 nitrogen and oxygen atoms in total. The largest absolute Gasteiger partial charge is 0.323 e. The highest BCUT2D eigenvalue weighted by atomic mass is 16.1. The van der Waals surface area contributed by atoms with Crippen LogP contribution < -0.4 is 16.5 Å². The second-order valence-corrected chi connectivity index (χ2v) is 10.3. The van der Waals surface area contributed by atoms with E-state index in [-0.39, 0.29) is 22.7 Å². The van der Waals surface area contributed by atoms with E-state index in [1.165, 1.54) is 0 Å². The van der Waals surface area contributed by atoms with E-state index in [2.05, 4.69) is 10.4 Å². The summed E-state index contributed by atoms with van der Waals surface area (Å²) in [5.74, 6) is -0.0306. The van der Waals surface area contributed by atoms with E-state index < -0.39 is 0 Å². The van der Waals surface area contributed by atoms with Crippen LogP contribution in [0.2, 0.25) is 0 Å². The van der Waals surface area contributed by atoms with Crippen molar-refractivity contribution in [2.75, 3.05) is 12.0 Å². The van der Waals surface area contributed by atoms with E-state index in [1.54, 1.807) is 28.9 Å². The van der Waals surface area contributed by atoms with Gasteiger partial charge >= 0.3 is 0 Å². The highest BCUT2D eigenvalue weighted by molar-refractivity contribution is 6.27. The summed E-state index contributed by atoms with van der Waals surface area (Å²) < 4.78 is 1.55. The number of benzene rings is 4. The van der Waals surface area contributed by atoms with E-state index in [0.29, 0.717) is 51.0 Å². The van der Waals surface area contributed by atoms with Crippen molar-refractivity contribution >= 4 is 33.1 Å². The van der Waals surface area contributed by atoms with Gasteiger partial charge in [0.25, 0.3) is 11.1 Å². The number of rotatable bonds is 3. The van der Waals surface area contributed by atoms with E-state index >= 15 is 0 Å². The lowest BCUT2D eigenvalue weighted by Crippen LogP contribution is -2.31. The fourth-order valence-corrected chi connectivity index (χ4v) is 5.98. The number of carbonyl (C=O) groups excluding carboxylic acids is 2. The summed E-state index contributed by atoms with van der Waals surface area (Å²) in [6.45, 7) is 2.71. The Morgan fingerprint density at radius 3 is 1.76 bits per heavy atom. The average molecular weight is 552 g/mol. The van der Waals surface area contributed by atoms with Gasteiger partial charge in [-0.05, 0) is 18.6 Å². The molecule has 6 aromatic rings. The van der Waals surface area contributed by atoms with Gasteiger partial charge in [0.15, 0.2) is 11.6 Å². The predicted molar refractivity (Wildman–Crippen MR) is 165 cm³/mol. The number of nitrogens with one attached hydrogen (secondary N) is 2. The molecule has 4 aromatic carbocycles. The van der Waals surface area contributed by atoms with Gasteiger partial charge in [0.2, 0.25) is 0 Å². The molecule has 2 aliphatic rings. The van der Waals surface area contributed by atoms with Gasteiger partial charge in [-0.15, -0.1) is 0 Å². The maximum absolute atomic E-state index is 12.9. The molecule has 0 bridgehead atoms. The van der Waals surface area contributed by atoms with Crippen LogP contribution in [0, 0.1) is 0 Å². The Balaban J connectivity index is 0.000000139. The lowest BCUT2D eigenvalue weighted by Gasteiger charge is -2.16. The predicted octanol–water partition coefficient (Wildman–Crippen LogP) is 5.91. The van der Waals surface area contributed by atoms with E-state index in [9.17, 15) is 19.2 Å². The van der Waals surface area contributed by atoms with Crippen molar-refractivity contribution in [1.29, 1.82) is 0 Å². The molecule has 0 unspecified atom stereocenters. The highest BCUT2D eigenvalue weighted by Crippen LogP contribution is 2.39. The number of pyridine rings is 2. The fraction of sp³-hybridized carbons (Fsp3) is 0.0857. The van der Waals surface area contributed by atoms with E-state index in [1.807, 2.05) is 79.7 Å². The van der Waals surface area contributed by atoms with Crippen LogP contribution in [0.4, 0.5) is 0 Å². The molecule has 8 rings (SSSR count). The topological polar surface area (TPSA) is 101 Å². The van der Waals surface area contributed by atoms with Crippen LogP contribution in [-0.2, 0) is 0 Å². The smallest absolute Gasteiger partial charge is 0.277 e. The van der Waals surface area contributed by atoms with Gasteiger partial charge in [0.1, 0.15) is 0 Å². The average Bonchev–Trinajstić information content (AvgIpc) is 3.49. The minimum absolute atomic E-state index is 0.0150. The summed E-state index contributed by atoms with van der Waals surface area (Å²) in [5.41, 5.74) is 8.39. The molecule has 2 heterocycles. The normalized spacial score (nSPS) is 12.4. The lowest BCUT2D eigenvalue weighted by atomic mass is 10.0. The second kappa shape index (κ2) is 9.82. The van der Waals surface area contributed by atoms with Gasteiger partial charge in [0, 0.05) is 50.3 Å². The second-order valence-electron chi connectivity index (χ2n) is 10.3. The molecule has 0 fully saturated rings. The van der Waals surface area contributed by atoms with Crippen molar-refractivity contribution in [3.8, 4) is 22.5 Å². The first-order valence-corrected chi connectivity index (χ1v) is 13.9. The Labute approximate surface area is 240 Å². The summed E-state index contributed by atoms with van der Waals surface area (Å²) in [6.07, 6.45) is 0.892. The summed E-state index contributed by atoms with van der Waals surface area (Å²) >= 11 is 0. The third-order valence-corrected chi connectivity index (χ3v) is 7.86. The van der Waals surface area contributed by atoms with Gasteiger partial charge in [0.05, 0.1) is 22.5 Å². The Bertz CT molecular complexity index is 2230. The Kier molecular flexibility index (Phi) is 5.94. The zero-order valence-electron chi connectivity index (χ0n) is 22.7.